The lowest BCUT2D eigenvalue weighted by Crippen LogP contribution is -2.83. The molecule has 0 bridgehead atoms. The molecule has 11 atom stereocenters. The Bertz CT molecular complexity index is 1380. The van der Waals surface area contributed by atoms with Gasteiger partial charge < -0.3 is 0 Å². The molecule has 10 N–H and O–H groups in total. The summed E-state index contributed by atoms with van der Waals surface area (Å²) in [6, 6.07) is 0. The molecule has 0 saturated heterocycles. The van der Waals surface area contributed by atoms with Crippen molar-refractivity contribution in [3.63, 3.8) is 0 Å². The molecule has 40 heteroatoms. The maximum absolute atomic E-state index is 12.7. The molecule has 0 aliphatic rings. The zero-order chi connectivity index (χ0) is 42.3. The lowest BCUT2D eigenvalue weighted by molar-refractivity contribution is -0.501. The fraction of sp³-hybridized carbons (Fsp3) is 1.00. The largest absolute Gasteiger partial charge is 0.700 e. The van der Waals surface area contributed by atoms with E-state index in [9.17, 15) is 94.6 Å². The zero-order valence-electron chi connectivity index (χ0n) is 26.6. The van der Waals surface area contributed by atoms with Gasteiger partial charge in [0.05, 0.1) is 0 Å². The first-order chi connectivity index (χ1) is 24.7. The van der Waals surface area contributed by atoms with Crippen LogP contribution < -0.4 is 0 Å². The van der Waals surface area contributed by atoms with E-state index in [1.165, 1.54) is 0 Å². The molecular weight excluding hydrogens is 958 g/mol. The SMILES string of the molecule is CCCCCCCCC(C)(O[P+](=O)O)C(O[P+](=O)O)(O[P+](=O)O)C(O[P+](=O)O)(O[P+](=O)O)C(O[P+](=O)O)(O[P+](=O)O)C(O[P+](=O)O)(O[P+](=O)O)O[P+](=O)O. The zero-order valence-corrected chi connectivity index (χ0v) is 35.5. The van der Waals surface area contributed by atoms with Gasteiger partial charge in [0, 0.05) is 45.7 Å². The van der Waals surface area contributed by atoms with Crippen LogP contribution in [0.5, 0.6) is 0 Å². The highest BCUT2D eigenvalue weighted by Crippen LogP contribution is 2.68. The first kappa shape index (κ1) is 54.2. The fourth-order valence-corrected chi connectivity index (χ4v) is 9.71. The van der Waals surface area contributed by atoms with E-state index in [0.29, 0.717) is 19.3 Å². The predicted octanol–water partition coefficient (Wildman–Crippen LogP) is 3.90. The molecule has 0 aromatic rings. The Balaban J connectivity index is 9.81. The quantitative estimate of drug-likeness (QED) is 0.0267. The van der Waals surface area contributed by atoms with Crippen molar-refractivity contribution in [2.75, 3.05) is 0 Å². The van der Waals surface area contributed by atoms with Gasteiger partial charge in [-0.25, -0.2) is 0 Å². The summed E-state index contributed by atoms with van der Waals surface area (Å²) >= 11 is 0. The average molecular weight is 988 g/mol. The summed E-state index contributed by atoms with van der Waals surface area (Å²) in [5.41, 5.74) is -3.71. The van der Waals surface area contributed by atoms with Crippen LogP contribution >= 0.6 is 82.5 Å². The summed E-state index contributed by atoms with van der Waals surface area (Å²) in [5.74, 6) is -21.7. The normalized spacial score (nSPS) is 20.4. The minimum absolute atomic E-state index is 0.0472. The molecule has 0 saturated carbocycles. The molecule has 0 heterocycles. The molecule has 0 spiro atoms. The third kappa shape index (κ3) is 15.1. The Hall–Kier alpha value is 0.200. The van der Waals surface area contributed by atoms with Gasteiger partial charge in [-0.2, -0.15) is 0 Å². The van der Waals surface area contributed by atoms with Crippen molar-refractivity contribution in [1.29, 1.82) is 0 Å². The second-order valence-corrected chi connectivity index (χ2v) is 16.0. The van der Waals surface area contributed by atoms with Crippen LogP contribution in [0.2, 0.25) is 0 Å². The average Bonchev–Trinajstić information content (AvgIpc) is 2.94. The molecule has 11 unspecified atom stereocenters. The van der Waals surface area contributed by atoms with E-state index in [-0.39, 0.29) is 19.8 Å². The first-order valence-electron chi connectivity index (χ1n) is 13.3. The molecule has 0 fully saturated rings. The van der Waals surface area contributed by atoms with Crippen LogP contribution in [0.25, 0.3) is 0 Å². The summed E-state index contributed by atoms with van der Waals surface area (Å²) in [7, 11) is -48.8. The summed E-state index contributed by atoms with van der Waals surface area (Å²) in [6.45, 7) is 2.09. The molecular formula is C14H30O30P10+10. The number of unbranched alkanes of at least 4 members (excludes halogenated alkanes) is 5. The maximum Gasteiger partial charge on any atom is 0.700 e. The van der Waals surface area contributed by atoms with Crippen molar-refractivity contribution in [1.82, 2.24) is 0 Å². The van der Waals surface area contributed by atoms with Gasteiger partial charge in [0.2, 0.25) is 0 Å². The highest BCUT2D eigenvalue weighted by molar-refractivity contribution is 7.35. The molecule has 0 rings (SSSR count). The maximum atomic E-state index is 12.7. The Kier molecular flexibility index (Phi) is 24.4. The molecule has 0 aromatic carbocycles. The van der Waals surface area contributed by atoms with Crippen molar-refractivity contribution in [3.05, 3.63) is 0 Å². The van der Waals surface area contributed by atoms with Crippen LogP contribution in [0.1, 0.15) is 58.8 Å². The van der Waals surface area contributed by atoms with Crippen LogP contribution in [0.3, 0.4) is 0 Å². The fourth-order valence-electron chi connectivity index (χ4n) is 4.49. The highest BCUT2D eigenvalue weighted by Gasteiger charge is 3.02. The van der Waals surface area contributed by atoms with Crippen molar-refractivity contribution >= 4 is 82.5 Å². The standard InChI is InChI=1S/C14H20O30P10/c1-3-4-5-6-7-8-9-10(2,35-45(15)16)11(36-46(17)18,37-47(19)20)12(38-48(21)22,39-49(23)24)13(40-50(25)26,41-51(27)28)14(42-52(29)30,43-53(31)32)44-54(33)34/h3-9H2,1-2H3/p+10. The van der Waals surface area contributed by atoms with Crippen molar-refractivity contribution in [2.45, 2.75) is 87.7 Å². The predicted molar refractivity (Wildman–Crippen MR) is 166 cm³/mol. The molecule has 54 heavy (non-hydrogen) atoms. The molecule has 0 radical (unpaired) electrons. The third-order valence-corrected chi connectivity index (χ3v) is 10.3. The Morgan fingerprint density at radius 3 is 0.907 bits per heavy atom. The highest BCUT2D eigenvalue weighted by atomic mass is 31.2. The van der Waals surface area contributed by atoms with Gasteiger partial charge >= 0.3 is 106 Å². The molecule has 0 aliphatic heterocycles. The van der Waals surface area contributed by atoms with Crippen LogP contribution in [0.4, 0.5) is 0 Å². The summed E-state index contributed by atoms with van der Waals surface area (Å²) in [4.78, 5) is 99.4. The Labute approximate surface area is 309 Å². The monoisotopic (exact) mass is 988 g/mol. The first-order valence-corrected chi connectivity index (χ1v) is 24.6. The summed E-state index contributed by atoms with van der Waals surface area (Å²) in [5, 5.41) is 0. The van der Waals surface area contributed by atoms with Gasteiger partial charge in [0.1, 0.15) is 0 Å². The molecule has 0 aliphatic carbocycles. The van der Waals surface area contributed by atoms with Crippen molar-refractivity contribution in [2.24, 2.45) is 0 Å². The Morgan fingerprint density at radius 2 is 0.611 bits per heavy atom. The number of hydrogen-bond donors (Lipinski definition) is 10. The van der Waals surface area contributed by atoms with E-state index >= 15 is 0 Å². The second-order valence-electron chi connectivity index (χ2n) is 9.45. The minimum Gasteiger partial charge on any atom is -0.133 e. The molecule has 0 aromatic heterocycles. The lowest BCUT2D eigenvalue weighted by atomic mass is 9.79. The minimum atomic E-state index is -5.66. The second kappa shape index (κ2) is 24.3. The molecule has 30 nitrogen and oxygen atoms in total. The van der Waals surface area contributed by atoms with Crippen LogP contribution in [0, 0.1) is 0 Å². The van der Waals surface area contributed by atoms with Crippen LogP contribution in [0.15, 0.2) is 0 Å². The topological polar surface area (TPSA) is 465 Å². The smallest absolute Gasteiger partial charge is 0.133 e. The summed E-state index contributed by atoms with van der Waals surface area (Å²) in [6.07, 6.45) is 0.242. The van der Waals surface area contributed by atoms with E-state index in [1.807, 2.05) is 0 Å². The van der Waals surface area contributed by atoms with Gasteiger partial charge in [-0.05, 0) is 26.9 Å². The van der Waals surface area contributed by atoms with E-state index < -0.39 is 124 Å². The van der Waals surface area contributed by atoms with E-state index in [1.54, 1.807) is 6.92 Å². The van der Waals surface area contributed by atoms with E-state index in [0.717, 1.165) is 0 Å². The lowest BCUT2D eigenvalue weighted by Gasteiger charge is -2.45. The molecule has 306 valence electrons. The Morgan fingerprint density at radius 1 is 0.352 bits per heavy atom. The number of hydrogen-bond acceptors (Lipinski definition) is 20. The van der Waals surface area contributed by atoms with E-state index in [2.05, 4.69) is 40.7 Å². The van der Waals surface area contributed by atoms with Gasteiger partial charge in [-0.1, -0.05) is 72.6 Å². The van der Waals surface area contributed by atoms with Crippen molar-refractivity contribution < 1.29 is 140 Å². The van der Waals surface area contributed by atoms with Gasteiger partial charge in [-0.3, -0.25) is 0 Å². The van der Waals surface area contributed by atoms with E-state index in [4.69, 9.17) is 4.52 Å². The third-order valence-electron chi connectivity index (χ3n) is 6.09. The van der Waals surface area contributed by atoms with Gasteiger partial charge in [-0.15, -0.1) is 53.5 Å². The van der Waals surface area contributed by atoms with Crippen molar-refractivity contribution in [3.8, 4) is 0 Å². The van der Waals surface area contributed by atoms with Crippen LogP contribution in [-0.2, 0) is 90.9 Å². The summed E-state index contributed by atoms with van der Waals surface area (Å²) < 4.78 is 169. The molecule has 0 amide bonds. The number of rotatable bonds is 31. The van der Waals surface area contributed by atoms with Gasteiger partial charge in [0.15, 0.2) is 5.60 Å². The van der Waals surface area contributed by atoms with Crippen LogP contribution in [-0.4, -0.2) is 77.9 Å². The van der Waals surface area contributed by atoms with Gasteiger partial charge in [0.25, 0.3) is 0 Å².